The van der Waals surface area contributed by atoms with Crippen LogP contribution in [0.3, 0.4) is 0 Å². The molecule has 1 nitrogen and oxygen atoms in total. The zero-order valence-corrected chi connectivity index (χ0v) is 9.20. The number of hydrogen-bond acceptors (Lipinski definition) is 1. The zero-order valence-electron chi connectivity index (χ0n) is 9.20. The molecule has 0 saturated heterocycles. The van der Waals surface area contributed by atoms with Crippen LogP contribution < -0.4 is 5.73 Å². The number of aryl methyl sites for hydroxylation is 1. The van der Waals surface area contributed by atoms with Crippen LogP contribution in [-0.4, -0.2) is 0 Å². The fourth-order valence-corrected chi connectivity index (χ4v) is 1.65. The molecule has 0 aliphatic carbocycles. The molecule has 0 aliphatic rings. The van der Waals surface area contributed by atoms with Crippen molar-refractivity contribution in [1.29, 1.82) is 0 Å². The van der Waals surface area contributed by atoms with Crippen molar-refractivity contribution in [1.82, 2.24) is 0 Å². The second-order valence-corrected chi connectivity index (χ2v) is 4.01. The van der Waals surface area contributed by atoms with Crippen LogP contribution in [0.15, 0.2) is 42.5 Å². The maximum atomic E-state index is 13.1. The molecule has 82 valence electrons. The molecular weight excluding hydrogens is 201 g/mol. The van der Waals surface area contributed by atoms with Crippen LogP contribution in [0.4, 0.5) is 10.1 Å². The Labute approximate surface area is 94.7 Å². The number of nitrogens with two attached hydrogens (primary N) is 1. The largest absolute Gasteiger partial charge is 0.398 e. The minimum atomic E-state index is -0.240. The highest BCUT2D eigenvalue weighted by Crippen LogP contribution is 2.18. The summed E-state index contributed by atoms with van der Waals surface area (Å²) >= 11 is 0. The van der Waals surface area contributed by atoms with Crippen LogP contribution >= 0.6 is 0 Å². The average Bonchev–Trinajstić information content (AvgIpc) is 2.27. The Hall–Kier alpha value is -1.83. The van der Waals surface area contributed by atoms with Gasteiger partial charge in [-0.1, -0.05) is 29.8 Å². The van der Waals surface area contributed by atoms with E-state index in [1.165, 1.54) is 17.7 Å². The second kappa shape index (κ2) is 4.35. The Morgan fingerprint density at radius 1 is 1.06 bits per heavy atom. The van der Waals surface area contributed by atoms with Gasteiger partial charge in [-0.3, -0.25) is 0 Å². The lowest BCUT2D eigenvalue weighted by molar-refractivity contribution is 0.626. The third-order valence-electron chi connectivity index (χ3n) is 2.62. The monoisotopic (exact) mass is 215 g/mol. The molecule has 2 rings (SSSR count). The van der Waals surface area contributed by atoms with E-state index in [-0.39, 0.29) is 5.82 Å². The van der Waals surface area contributed by atoms with E-state index >= 15 is 0 Å². The zero-order chi connectivity index (χ0) is 11.5. The minimum absolute atomic E-state index is 0.240. The van der Waals surface area contributed by atoms with E-state index < -0.39 is 0 Å². The van der Waals surface area contributed by atoms with Crippen molar-refractivity contribution in [2.24, 2.45) is 0 Å². The number of benzene rings is 2. The molecule has 0 atom stereocenters. The van der Waals surface area contributed by atoms with Crippen LogP contribution in [0.2, 0.25) is 0 Å². The first kappa shape index (κ1) is 10.7. The van der Waals surface area contributed by atoms with Gasteiger partial charge < -0.3 is 5.73 Å². The Kier molecular flexibility index (Phi) is 2.91. The number of anilines is 1. The average molecular weight is 215 g/mol. The van der Waals surface area contributed by atoms with Crippen LogP contribution in [-0.2, 0) is 6.42 Å². The number of hydrogen-bond donors (Lipinski definition) is 1. The summed E-state index contributed by atoms with van der Waals surface area (Å²) < 4.78 is 13.1. The molecule has 0 amide bonds. The predicted octanol–water partition coefficient (Wildman–Crippen LogP) is 3.31. The molecule has 0 spiro atoms. The second-order valence-electron chi connectivity index (χ2n) is 4.01. The van der Waals surface area contributed by atoms with Gasteiger partial charge in [-0.15, -0.1) is 0 Å². The van der Waals surface area contributed by atoms with E-state index in [2.05, 4.69) is 0 Å². The van der Waals surface area contributed by atoms with E-state index in [1.807, 2.05) is 31.2 Å². The standard InChI is InChI=1S/C14H14FN/c1-10-2-4-11(5-3-10)8-12-9-13(15)6-7-14(12)16/h2-7,9H,8,16H2,1H3. The van der Waals surface area contributed by atoms with Gasteiger partial charge in [-0.05, 0) is 42.7 Å². The SMILES string of the molecule is Cc1ccc(Cc2cc(F)ccc2N)cc1. The van der Waals surface area contributed by atoms with Crippen molar-refractivity contribution in [2.45, 2.75) is 13.3 Å². The summed E-state index contributed by atoms with van der Waals surface area (Å²) in [7, 11) is 0. The van der Waals surface area contributed by atoms with Gasteiger partial charge in [0.2, 0.25) is 0 Å². The lowest BCUT2D eigenvalue weighted by atomic mass is 10.0. The smallest absolute Gasteiger partial charge is 0.123 e. The lowest BCUT2D eigenvalue weighted by Gasteiger charge is -2.06. The van der Waals surface area contributed by atoms with Gasteiger partial charge in [0.1, 0.15) is 5.82 Å². The van der Waals surface area contributed by atoms with Crippen molar-refractivity contribution in [3.63, 3.8) is 0 Å². The highest BCUT2D eigenvalue weighted by molar-refractivity contribution is 5.48. The summed E-state index contributed by atoms with van der Waals surface area (Å²) in [6.07, 6.45) is 0.671. The van der Waals surface area contributed by atoms with E-state index in [0.717, 1.165) is 11.1 Å². The highest BCUT2D eigenvalue weighted by Gasteiger charge is 2.02. The molecule has 2 aromatic carbocycles. The maximum absolute atomic E-state index is 13.1. The van der Waals surface area contributed by atoms with Gasteiger partial charge in [0.05, 0.1) is 0 Å². The molecule has 0 saturated carbocycles. The van der Waals surface area contributed by atoms with Crippen LogP contribution in [0.5, 0.6) is 0 Å². The third kappa shape index (κ3) is 2.40. The lowest BCUT2D eigenvalue weighted by Crippen LogP contribution is -1.96. The molecule has 2 heteroatoms. The number of rotatable bonds is 2. The minimum Gasteiger partial charge on any atom is -0.398 e. The van der Waals surface area contributed by atoms with Gasteiger partial charge in [0, 0.05) is 5.69 Å². The van der Waals surface area contributed by atoms with Gasteiger partial charge in [0.15, 0.2) is 0 Å². The van der Waals surface area contributed by atoms with Gasteiger partial charge in [-0.2, -0.15) is 0 Å². The number of nitrogen functional groups attached to an aromatic ring is 1. The van der Waals surface area contributed by atoms with Gasteiger partial charge >= 0.3 is 0 Å². The van der Waals surface area contributed by atoms with Gasteiger partial charge in [0.25, 0.3) is 0 Å². The molecule has 0 aliphatic heterocycles. The Bertz CT molecular complexity index is 489. The molecular formula is C14H14FN. The van der Waals surface area contributed by atoms with Crippen LogP contribution in [0.25, 0.3) is 0 Å². The summed E-state index contributed by atoms with van der Waals surface area (Å²) in [5.41, 5.74) is 9.64. The summed E-state index contributed by atoms with van der Waals surface area (Å²) in [5, 5.41) is 0. The molecule has 0 bridgehead atoms. The number of halogens is 1. The molecule has 16 heavy (non-hydrogen) atoms. The first-order valence-electron chi connectivity index (χ1n) is 5.24. The predicted molar refractivity (Wildman–Crippen MR) is 64.8 cm³/mol. The Morgan fingerprint density at radius 2 is 1.75 bits per heavy atom. The Morgan fingerprint density at radius 3 is 2.44 bits per heavy atom. The van der Waals surface area contributed by atoms with E-state index in [1.54, 1.807) is 6.07 Å². The van der Waals surface area contributed by atoms with Crippen molar-refractivity contribution < 1.29 is 4.39 Å². The Balaban J connectivity index is 2.26. The fraction of sp³-hybridized carbons (Fsp3) is 0.143. The maximum Gasteiger partial charge on any atom is 0.123 e. The third-order valence-corrected chi connectivity index (χ3v) is 2.62. The van der Waals surface area contributed by atoms with Crippen molar-refractivity contribution in [3.8, 4) is 0 Å². The molecule has 0 unspecified atom stereocenters. The van der Waals surface area contributed by atoms with E-state index in [9.17, 15) is 4.39 Å². The van der Waals surface area contributed by atoms with E-state index in [4.69, 9.17) is 5.73 Å². The van der Waals surface area contributed by atoms with Crippen molar-refractivity contribution >= 4 is 5.69 Å². The molecule has 0 radical (unpaired) electrons. The van der Waals surface area contributed by atoms with Crippen molar-refractivity contribution in [3.05, 3.63) is 65.0 Å². The molecule has 0 fully saturated rings. The van der Waals surface area contributed by atoms with Gasteiger partial charge in [-0.25, -0.2) is 4.39 Å². The van der Waals surface area contributed by atoms with Crippen LogP contribution in [0, 0.1) is 12.7 Å². The van der Waals surface area contributed by atoms with Crippen molar-refractivity contribution in [2.75, 3.05) is 5.73 Å². The quantitative estimate of drug-likeness (QED) is 0.764. The molecule has 2 aromatic rings. The summed E-state index contributed by atoms with van der Waals surface area (Å²) in [5.74, 6) is -0.240. The molecule has 2 N–H and O–H groups in total. The first-order chi connectivity index (χ1) is 7.65. The van der Waals surface area contributed by atoms with E-state index in [0.29, 0.717) is 12.1 Å². The summed E-state index contributed by atoms with van der Waals surface area (Å²) in [6, 6.07) is 12.7. The molecule has 0 heterocycles. The summed E-state index contributed by atoms with van der Waals surface area (Å²) in [4.78, 5) is 0. The normalized spacial score (nSPS) is 10.4. The van der Waals surface area contributed by atoms with Crippen LogP contribution in [0.1, 0.15) is 16.7 Å². The molecule has 0 aromatic heterocycles. The highest BCUT2D eigenvalue weighted by atomic mass is 19.1. The fourth-order valence-electron chi connectivity index (χ4n) is 1.65. The topological polar surface area (TPSA) is 26.0 Å². The first-order valence-corrected chi connectivity index (χ1v) is 5.24. The summed E-state index contributed by atoms with van der Waals surface area (Å²) in [6.45, 7) is 2.04.